The standard InChI is InChI=1S/C19H28N2O4/c1-4-24-16-7-5-15(6-8-16)9-18(22)20-10-17-12-21(11-14(2)3)19(23)13-25-17/h5-8,14,17H,4,9-13H2,1-3H3,(H,20,22). The van der Waals surface area contributed by atoms with Gasteiger partial charge >= 0.3 is 0 Å². The molecular formula is C19H28N2O4. The van der Waals surface area contributed by atoms with E-state index in [1.54, 1.807) is 0 Å². The van der Waals surface area contributed by atoms with Gasteiger partial charge in [0.05, 0.1) is 19.1 Å². The summed E-state index contributed by atoms with van der Waals surface area (Å²) in [5.41, 5.74) is 0.933. The molecule has 1 aromatic carbocycles. The van der Waals surface area contributed by atoms with Crippen LogP contribution in [0.5, 0.6) is 5.75 Å². The number of amides is 2. The molecule has 1 atom stereocenters. The zero-order valence-corrected chi connectivity index (χ0v) is 15.3. The first kappa shape index (κ1) is 19.2. The number of nitrogens with zero attached hydrogens (tertiary/aromatic N) is 1. The van der Waals surface area contributed by atoms with Crippen molar-refractivity contribution in [2.75, 3.05) is 32.8 Å². The highest BCUT2D eigenvalue weighted by Crippen LogP contribution is 2.13. The SMILES string of the molecule is CCOc1ccc(CC(=O)NCC2CN(CC(C)C)C(=O)CO2)cc1. The largest absolute Gasteiger partial charge is 0.494 e. The van der Waals surface area contributed by atoms with Crippen LogP contribution < -0.4 is 10.1 Å². The fraction of sp³-hybridized carbons (Fsp3) is 0.579. The van der Waals surface area contributed by atoms with Crippen molar-refractivity contribution in [2.24, 2.45) is 5.92 Å². The quantitative estimate of drug-likeness (QED) is 0.775. The summed E-state index contributed by atoms with van der Waals surface area (Å²) in [6.07, 6.45) is 0.161. The molecule has 1 aromatic rings. The van der Waals surface area contributed by atoms with Gasteiger partial charge in [0, 0.05) is 19.6 Å². The van der Waals surface area contributed by atoms with Gasteiger partial charge in [-0.25, -0.2) is 0 Å². The summed E-state index contributed by atoms with van der Waals surface area (Å²) in [5, 5.41) is 2.90. The van der Waals surface area contributed by atoms with Crippen molar-refractivity contribution in [3.8, 4) is 5.75 Å². The Morgan fingerprint density at radius 1 is 1.36 bits per heavy atom. The third-order valence-corrected chi connectivity index (χ3v) is 3.93. The zero-order valence-electron chi connectivity index (χ0n) is 15.3. The average molecular weight is 348 g/mol. The maximum Gasteiger partial charge on any atom is 0.248 e. The Morgan fingerprint density at radius 3 is 2.72 bits per heavy atom. The Morgan fingerprint density at radius 2 is 2.08 bits per heavy atom. The first-order valence-electron chi connectivity index (χ1n) is 8.85. The summed E-state index contributed by atoms with van der Waals surface area (Å²) in [6, 6.07) is 7.52. The summed E-state index contributed by atoms with van der Waals surface area (Å²) in [4.78, 5) is 25.8. The lowest BCUT2D eigenvalue weighted by Gasteiger charge is -2.33. The van der Waals surface area contributed by atoms with E-state index in [1.807, 2.05) is 36.1 Å². The van der Waals surface area contributed by atoms with E-state index < -0.39 is 0 Å². The predicted octanol–water partition coefficient (Wildman–Crippen LogP) is 1.63. The van der Waals surface area contributed by atoms with Crippen LogP contribution in [0.1, 0.15) is 26.3 Å². The molecule has 2 rings (SSSR count). The first-order valence-corrected chi connectivity index (χ1v) is 8.85. The van der Waals surface area contributed by atoms with E-state index in [0.29, 0.717) is 32.0 Å². The maximum atomic E-state index is 12.1. The number of benzene rings is 1. The van der Waals surface area contributed by atoms with E-state index in [9.17, 15) is 9.59 Å². The zero-order chi connectivity index (χ0) is 18.2. The molecule has 1 heterocycles. The number of carbonyl (C=O) groups is 2. The van der Waals surface area contributed by atoms with Crippen LogP contribution in [-0.2, 0) is 20.7 Å². The smallest absolute Gasteiger partial charge is 0.248 e. The number of morpholine rings is 1. The Balaban J connectivity index is 1.76. The second kappa shape index (κ2) is 9.42. The van der Waals surface area contributed by atoms with Crippen molar-refractivity contribution in [2.45, 2.75) is 33.3 Å². The lowest BCUT2D eigenvalue weighted by Crippen LogP contribution is -2.51. The fourth-order valence-corrected chi connectivity index (χ4v) is 2.77. The van der Waals surface area contributed by atoms with Gasteiger partial charge in [0.25, 0.3) is 0 Å². The van der Waals surface area contributed by atoms with Gasteiger partial charge in [0.2, 0.25) is 11.8 Å². The van der Waals surface area contributed by atoms with E-state index in [4.69, 9.17) is 9.47 Å². The number of rotatable bonds is 8. The highest BCUT2D eigenvalue weighted by atomic mass is 16.5. The van der Waals surface area contributed by atoms with Crippen LogP contribution >= 0.6 is 0 Å². The van der Waals surface area contributed by atoms with Crippen molar-refractivity contribution in [3.63, 3.8) is 0 Å². The molecule has 0 radical (unpaired) electrons. The first-order chi connectivity index (χ1) is 12.0. The van der Waals surface area contributed by atoms with Gasteiger partial charge in [-0.05, 0) is 30.5 Å². The minimum absolute atomic E-state index is 0.0191. The van der Waals surface area contributed by atoms with E-state index in [0.717, 1.165) is 17.9 Å². The van der Waals surface area contributed by atoms with Crippen LogP contribution in [0.15, 0.2) is 24.3 Å². The van der Waals surface area contributed by atoms with Crippen LogP contribution in [0.25, 0.3) is 0 Å². The highest BCUT2D eigenvalue weighted by molar-refractivity contribution is 5.79. The molecule has 1 fully saturated rings. The number of carbonyl (C=O) groups excluding carboxylic acids is 2. The molecule has 6 nitrogen and oxygen atoms in total. The molecule has 0 saturated carbocycles. The summed E-state index contributed by atoms with van der Waals surface area (Å²) >= 11 is 0. The van der Waals surface area contributed by atoms with Crippen LogP contribution in [-0.4, -0.2) is 55.7 Å². The Kier molecular flexibility index (Phi) is 7.25. The molecule has 1 saturated heterocycles. The van der Waals surface area contributed by atoms with E-state index in [2.05, 4.69) is 19.2 Å². The summed E-state index contributed by atoms with van der Waals surface area (Å²) in [5.74, 6) is 1.18. The number of ether oxygens (including phenoxy) is 2. The number of hydrogen-bond donors (Lipinski definition) is 1. The predicted molar refractivity (Wildman–Crippen MR) is 95.5 cm³/mol. The second-order valence-electron chi connectivity index (χ2n) is 6.68. The Bertz CT molecular complexity index is 571. The van der Waals surface area contributed by atoms with E-state index in [1.165, 1.54) is 0 Å². The van der Waals surface area contributed by atoms with Crippen LogP contribution in [0.4, 0.5) is 0 Å². The van der Waals surface area contributed by atoms with Crippen LogP contribution in [0.2, 0.25) is 0 Å². The normalized spacial score (nSPS) is 17.7. The monoisotopic (exact) mass is 348 g/mol. The third-order valence-electron chi connectivity index (χ3n) is 3.93. The summed E-state index contributed by atoms with van der Waals surface area (Å²) in [6.45, 7) is 8.47. The average Bonchev–Trinajstić information content (AvgIpc) is 2.57. The molecule has 1 aliphatic rings. The van der Waals surface area contributed by atoms with Crippen molar-refractivity contribution < 1.29 is 19.1 Å². The fourth-order valence-electron chi connectivity index (χ4n) is 2.77. The number of nitrogens with one attached hydrogen (secondary N) is 1. The van der Waals surface area contributed by atoms with Gasteiger partial charge in [0.15, 0.2) is 0 Å². The van der Waals surface area contributed by atoms with Gasteiger partial charge in [-0.3, -0.25) is 9.59 Å². The van der Waals surface area contributed by atoms with E-state index >= 15 is 0 Å². The molecule has 1 N–H and O–H groups in total. The lowest BCUT2D eigenvalue weighted by atomic mass is 10.1. The van der Waals surface area contributed by atoms with Gasteiger partial charge < -0.3 is 19.7 Å². The summed E-state index contributed by atoms with van der Waals surface area (Å²) in [7, 11) is 0. The lowest BCUT2D eigenvalue weighted by molar-refractivity contribution is -0.149. The van der Waals surface area contributed by atoms with Gasteiger partial charge in [-0.15, -0.1) is 0 Å². The van der Waals surface area contributed by atoms with Crippen molar-refractivity contribution >= 4 is 11.8 Å². The molecule has 2 amide bonds. The topological polar surface area (TPSA) is 67.9 Å². The molecule has 138 valence electrons. The van der Waals surface area contributed by atoms with Gasteiger partial charge in [0.1, 0.15) is 12.4 Å². The third kappa shape index (κ3) is 6.38. The highest BCUT2D eigenvalue weighted by Gasteiger charge is 2.26. The maximum absolute atomic E-state index is 12.1. The Labute approximate surface area is 149 Å². The number of hydrogen-bond acceptors (Lipinski definition) is 4. The molecule has 0 bridgehead atoms. The minimum atomic E-state index is -0.152. The van der Waals surface area contributed by atoms with Gasteiger partial charge in [-0.1, -0.05) is 26.0 Å². The van der Waals surface area contributed by atoms with Gasteiger partial charge in [-0.2, -0.15) is 0 Å². The van der Waals surface area contributed by atoms with E-state index in [-0.39, 0.29) is 24.5 Å². The molecule has 0 aliphatic carbocycles. The molecule has 25 heavy (non-hydrogen) atoms. The van der Waals surface area contributed by atoms with Crippen LogP contribution in [0, 0.1) is 5.92 Å². The molecular weight excluding hydrogens is 320 g/mol. The van der Waals surface area contributed by atoms with Crippen molar-refractivity contribution in [1.29, 1.82) is 0 Å². The minimum Gasteiger partial charge on any atom is -0.494 e. The molecule has 6 heteroatoms. The van der Waals surface area contributed by atoms with Crippen molar-refractivity contribution in [1.82, 2.24) is 10.2 Å². The molecule has 1 aliphatic heterocycles. The molecule has 0 aromatic heterocycles. The molecule has 0 spiro atoms. The molecule has 1 unspecified atom stereocenters. The summed E-state index contributed by atoms with van der Waals surface area (Å²) < 4.78 is 10.9. The van der Waals surface area contributed by atoms with Crippen molar-refractivity contribution in [3.05, 3.63) is 29.8 Å². The second-order valence-corrected chi connectivity index (χ2v) is 6.68. The Hall–Kier alpha value is -2.08. The van der Waals surface area contributed by atoms with Crippen LogP contribution in [0.3, 0.4) is 0 Å².